The summed E-state index contributed by atoms with van der Waals surface area (Å²) in [6.45, 7) is 0.855. The first-order chi connectivity index (χ1) is 13.1. The Morgan fingerprint density at radius 1 is 1.11 bits per heavy atom. The van der Waals surface area contributed by atoms with E-state index in [1.807, 2.05) is 24.3 Å². The first-order valence-electron chi connectivity index (χ1n) is 9.20. The fourth-order valence-electron chi connectivity index (χ4n) is 3.54. The highest BCUT2D eigenvalue weighted by atomic mass is 19.1. The Morgan fingerprint density at radius 3 is 2.48 bits per heavy atom. The number of ether oxygens (including phenoxy) is 1. The van der Waals surface area contributed by atoms with Crippen molar-refractivity contribution < 1.29 is 18.3 Å². The fourth-order valence-corrected chi connectivity index (χ4v) is 3.54. The van der Waals surface area contributed by atoms with Crippen LogP contribution < -0.4 is 10.1 Å². The second-order valence-electron chi connectivity index (χ2n) is 6.75. The molecular formula is C21H24F2N2O2. The molecule has 2 aromatic rings. The molecule has 3 rings (SSSR count). The van der Waals surface area contributed by atoms with Crippen molar-refractivity contribution in [2.45, 2.75) is 31.7 Å². The van der Waals surface area contributed by atoms with E-state index in [1.54, 1.807) is 7.11 Å². The van der Waals surface area contributed by atoms with Crippen molar-refractivity contribution in [1.82, 2.24) is 4.90 Å². The maximum atomic E-state index is 13.8. The number of carbonyl (C=O) groups is 1. The van der Waals surface area contributed by atoms with Crippen LogP contribution in [0.5, 0.6) is 5.75 Å². The number of carbonyl (C=O) groups excluding carboxylic acids is 1. The number of benzene rings is 2. The lowest BCUT2D eigenvalue weighted by Gasteiger charge is -2.30. The van der Waals surface area contributed by atoms with Crippen LogP contribution in [0.15, 0.2) is 42.5 Å². The number of amides is 1. The van der Waals surface area contributed by atoms with Crippen LogP contribution in [0.2, 0.25) is 0 Å². The third-order valence-electron chi connectivity index (χ3n) is 4.94. The van der Waals surface area contributed by atoms with Crippen LogP contribution >= 0.6 is 0 Å². The summed E-state index contributed by atoms with van der Waals surface area (Å²) in [7, 11) is 1.62. The van der Waals surface area contributed by atoms with Gasteiger partial charge in [0, 0.05) is 6.04 Å². The molecule has 0 spiro atoms. The average Bonchev–Trinajstić information content (AvgIpc) is 2.90. The van der Waals surface area contributed by atoms with Gasteiger partial charge in [-0.25, -0.2) is 8.78 Å². The van der Waals surface area contributed by atoms with E-state index < -0.39 is 23.2 Å². The lowest BCUT2D eigenvalue weighted by molar-refractivity contribution is -0.117. The van der Waals surface area contributed by atoms with Crippen molar-refractivity contribution in [3.63, 3.8) is 0 Å². The predicted octanol–water partition coefficient (Wildman–Crippen LogP) is 4.53. The van der Waals surface area contributed by atoms with Gasteiger partial charge >= 0.3 is 0 Å². The summed E-state index contributed by atoms with van der Waals surface area (Å²) in [5.74, 6) is -1.18. The van der Waals surface area contributed by atoms with Crippen LogP contribution in [0.4, 0.5) is 14.5 Å². The van der Waals surface area contributed by atoms with Gasteiger partial charge in [-0.2, -0.15) is 0 Å². The Hall–Kier alpha value is -2.47. The zero-order valence-corrected chi connectivity index (χ0v) is 15.4. The number of methoxy groups -OCH3 is 1. The number of anilines is 1. The first-order valence-corrected chi connectivity index (χ1v) is 9.20. The Morgan fingerprint density at radius 2 is 1.81 bits per heavy atom. The van der Waals surface area contributed by atoms with Crippen molar-refractivity contribution in [1.29, 1.82) is 0 Å². The minimum atomic E-state index is -0.772. The summed E-state index contributed by atoms with van der Waals surface area (Å²) >= 11 is 0. The molecule has 1 atom stereocenters. The third-order valence-corrected chi connectivity index (χ3v) is 4.94. The molecule has 2 aromatic carbocycles. The molecule has 1 heterocycles. The number of halogens is 2. The lowest BCUT2D eigenvalue weighted by Crippen LogP contribution is -2.36. The predicted molar refractivity (Wildman–Crippen MR) is 101 cm³/mol. The van der Waals surface area contributed by atoms with Gasteiger partial charge in [0.05, 0.1) is 13.7 Å². The summed E-state index contributed by atoms with van der Waals surface area (Å²) in [6, 6.07) is 11.5. The maximum Gasteiger partial charge on any atom is 0.238 e. The van der Waals surface area contributed by atoms with Crippen molar-refractivity contribution in [2.75, 3.05) is 25.5 Å². The number of nitrogens with one attached hydrogen (secondary N) is 1. The molecule has 1 unspecified atom stereocenters. The number of hydrogen-bond donors (Lipinski definition) is 1. The van der Waals surface area contributed by atoms with Crippen molar-refractivity contribution in [2.24, 2.45) is 0 Å². The molecule has 1 aliphatic heterocycles. The lowest BCUT2D eigenvalue weighted by atomic mass is 10.0. The Balaban J connectivity index is 1.74. The minimum absolute atomic E-state index is 0.0878. The molecule has 6 heteroatoms. The van der Waals surface area contributed by atoms with Gasteiger partial charge in [0.25, 0.3) is 0 Å². The molecule has 0 aliphatic carbocycles. The van der Waals surface area contributed by atoms with Gasteiger partial charge in [-0.1, -0.05) is 31.0 Å². The molecule has 4 nitrogen and oxygen atoms in total. The molecule has 1 saturated heterocycles. The van der Waals surface area contributed by atoms with Crippen LogP contribution in [0.25, 0.3) is 0 Å². The van der Waals surface area contributed by atoms with E-state index in [1.165, 1.54) is 6.07 Å². The van der Waals surface area contributed by atoms with Gasteiger partial charge in [0.15, 0.2) is 0 Å². The van der Waals surface area contributed by atoms with E-state index in [-0.39, 0.29) is 12.6 Å². The van der Waals surface area contributed by atoms with Gasteiger partial charge in [-0.15, -0.1) is 0 Å². The third kappa shape index (κ3) is 4.83. The maximum absolute atomic E-state index is 13.8. The topological polar surface area (TPSA) is 41.6 Å². The Kier molecular flexibility index (Phi) is 6.40. The largest absolute Gasteiger partial charge is 0.497 e. The van der Waals surface area contributed by atoms with Gasteiger partial charge in [-0.3, -0.25) is 9.69 Å². The van der Waals surface area contributed by atoms with Crippen LogP contribution in [0.1, 0.15) is 37.3 Å². The SMILES string of the molecule is COc1ccc(C2CCCCCN2CC(=O)Nc2c(F)cccc2F)cc1. The molecule has 27 heavy (non-hydrogen) atoms. The Bertz CT molecular complexity index is 760. The molecule has 144 valence electrons. The Labute approximate surface area is 158 Å². The monoisotopic (exact) mass is 374 g/mol. The minimum Gasteiger partial charge on any atom is -0.497 e. The summed E-state index contributed by atoms with van der Waals surface area (Å²) in [6.07, 6.45) is 4.12. The number of nitrogens with zero attached hydrogens (tertiary/aromatic N) is 1. The zero-order valence-electron chi connectivity index (χ0n) is 15.4. The first kappa shape index (κ1) is 19.3. The molecular weight excluding hydrogens is 350 g/mol. The van der Waals surface area contributed by atoms with E-state index >= 15 is 0 Å². The van der Waals surface area contributed by atoms with Gasteiger partial charge < -0.3 is 10.1 Å². The van der Waals surface area contributed by atoms with E-state index in [9.17, 15) is 13.6 Å². The number of likely N-dealkylation sites (tertiary alicyclic amines) is 1. The molecule has 0 saturated carbocycles. The molecule has 0 bridgehead atoms. The molecule has 1 fully saturated rings. The second kappa shape index (κ2) is 8.95. The van der Waals surface area contributed by atoms with Crippen molar-refractivity contribution >= 4 is 11.6 Å². The van der Waals surface area contributed by atoms with Crippen LogP contribution in [0.3, 0.4) is 0 Å². The standard InChI is InChI=1S/C21H24F2N2O2/c1-27-16-11-9-15(10-12-16)19-8-3-2-4-13-25(19)14-20(26)24-21-17(22)6-5-7-18(21)23/h5-7,9-12,19H,2-4,8,13-14H2,1H3,(H,24,26). The van der Waals surface area contributed by atoms with Crippen molar-refractivity contribution in [3.8, 4) is 5.75 Å². The molecule has 1 amide bonds. The highest BCUT2D eigenvalue weighted by Gasteiger charge is 2.25. The molecule has 0 aromatic heterocycles. The van der Waals surface area contributed by atoms with E-state index in [0.717, 1.165) is 55.7 Å². The highest BCUT2D eigenvalue weighted by Crippen LogP contribution is 2.31. The summed E-state index contributed by atoms with van der Waals surface area (Å²) in [4.78, 5) is 14.6. The zero-order chi connectivity index (χ0) is 19.2. The normalized spacial score (nSPS) is 18.0. The smallest absolute Gasteiger partial charge is 0.238 e. The fraction of sp³-hybridized carbons (Fsp3) is 0.381. The molecule has 0 radical (unpaired) electrons. The number of rotatable bonds is 5. The van der Waals surface area contributed by atoms with Gasteiger partial charge in [0.2, 0.25) is 5.91 Å². The van der Waals surface area contributed by atoms with Gasteiger partial charge in [0.1, 0.15) is 23.1 Å². The molecule has 1 aliphatic rings. The summed E-state index contributed by atoms with van der Waals surface area (Å²) < 4.78 is 32.8. The quantitative estimate of drug-likeness (QED) is 0.836. The molecule has 1 N–H and O–H groups in total. The highest BCUT2D eigenvalue weighted by molar-refractivity contribution is 5.92. The number of para-hydroxylation sites is 1. The summed E-state index contributed by atoms with van der Waals surface area (Å²) in [5.41, 5.74) is 0.723. The average molecular weight is 374 g/mol. The van der Waals surface area contributed by atoms with Crippen LogP contribution in [-0.2, 0) is 4.79 Å². The van der Waals surface area contributed by atoms with E-state index in [4.69, 9.17) is 4.74 Å². The number of hydrogen-bond acceptors (Lipinski definition) is 3. The summed E-state index contributed by atoms with van der Waals surface area (Å²) in [5, 5.41) is 2.39. The van der Waals surface area contributed by atoms with E-state index in [2.05, 4.69) is 10.2 Å². The van der Waals surface area contributed by atoms with E-state index in [0.29, 0.717) is 0 Å². The van der Waals surface area contributed by atoms with Crippen molar-refractivity contribution in [3.05, 3.63) is 59.7 Å². The van der Waals surface area contributed by atoms with Crippen LogP contribution in [0, 0.1) is 11.6 Å². The second-order valence-corrected chi connectivity index (χ2v) is 6.75. The van der Waals surface area contributed by atoms with Gasteiger partial charge in [-0.05, 0) is 49.2 Å². The van der Waals surface area contributed by atoms with Crippen LogP contribution in [-0.4, -0.2) is 31.0 Å².